The predicted molar refractivity (Wildman–Crippen MR) is 92.7 cm³/mol. The Morgan fingerprint density at radius 2 is 1.83 bits per heavy atom. The van der Waals surface area contributed by atoms with Gasteiger partial charge in [0.25, 0.3) is 16.8 Å². The second-order valence-electron chi connectivity index (χ2n) is 5.20. The summed E-state index contributed by atoms with van der Waals surface area (Å²) >= 11 is 0.852. The van der Waals surface area contributed by atoms with Gasteiger partial charge in [0, 0.05) is 12.1 Å². The topological polar surface area (TPSA) is 80.5 Å². The molecule has 0 radical (unpaired) electrons. The van der Waals surface area contributed by atoms with Gasteiger partial charge >= 0.3 is 0 Å². The van der Waals surface area contributed by atoms with Crippen LogP contribution < -0.4 is 4.90 Å². The second-order valence-corrected chi connectivity index (χ2v) is 6.20. The van der Waals surface area contributed by atoms with Crippen molar-refractivity contribution in [1.29, 1.82) is 0 Å². The van der Waals surface area contributed by atoms with Crippen molar-refractivity contribution in [1.82, 2.24) is 0 Å². The molecule has 7 heteroatoms. The second kappa shape index (κ2) is 6.29. The summed E-state index contributed by atoms with van der Waals surface area (Å²) < 4.78 is 0. The zero-order chi connectivity index (χ0) is 17.3. The normalized spacial score (nSPS) is 16.0. The molecule has 1 heterocycles. The Kier molecular flexibility index (Phi) is 4.18. The number of anilines is 1. The molecule has 2 aromatic carbocycles. The highest BCUT2D eigenvalue weighted by atomic mass is 32.2. The summed E-state index contributed by atoms with van der Waals surface area (Å²) in [6, 6.07) is 12.9. The number of hydrogen-bond acceptors (Lipinski definition) is 5. The highest BCUT2D eigenvalue weighted by molar-refractivity contribution is 8.19. The molecule has 3 rings (SSSR count). The van der Waals surface area contributed by atoms with Crippen molar-refractivity contribution in [2.75, 3.05) is 4.90 Å². The Morgan fingerprint density at radius 3 is 2.46 bits per heavy atom. The lowest BCUT2D eigenvalue weighted by Gasteiger charge is -2.12. The zero-order valence-corrected chi connectivity index (χ0v) is 13.4. The van der Waals surface area contributed by atoms with Crippen LogP contribution in [0.3, 0.4) is 0 Å². The van der Waals surface area contributed by atoms with E-state index in [1.807, 2.05) is 13.0 Å². The van der Waals surface area contributed by atoms with Crippen LogP contribution in [-0.2, 0) is 4.79 Å². The molecule has 1 saturated heterocycles. The number of benzene rings is 2. The molecule has 0 atom stereocenters. The van der Waals surface area contributed by atoms with E-state index in [0.717, 1.165) is 22.2 Å². The van der Waals surface area contributed by atoms with E-state index in [1.165, 1.54) is 12.1 Å². The van der Waals surface area contributed by atoms with Crippen molar-refractivity contribution in [2.24, 2.45) is 0 Å². The van der Waals surface area contributed by atoms with Gasteiger partial charge < -0.3 is 0 Å². The third-order valence-electron chi connectivity index (χ3n) is 3.46. The molecule has 2 amide bonds. The SMILES string of the molecule is Cc1cccc(N2C(=O)S/C(=C\c3ccc([N+](=O)[O-])cc3)C2=O)c1. The Balaban J connectivity index is 1.89. The molecule has 1 fully saturated rings. The number of imide groups is 1. The first-order valence-corrected chi connectivity index (χ1v) is 7.86. The van der Waals surface area contributed by atoms with E-state index in [9.17, 15) is 19.7 Å². The number of carbonyl (C=O) groups is 2. The van der Waals surface area contributed by atoms with E-state index in [-0.39, 0.29) is 15.8 Å². The maximum Gasteiger partial charge on any atom is 0.298 e. The van der Waals surface area contributed by atoms with E-state index in [4.69, 9.17) is 0 Å². The van der Waals surface area contributed by atoms with Crippen LogP contribution >= 0.6 is 11.8 Å². The number of nitrogens with zero attached hydrogens (tertiary/aromatic N) is 2. The summed E-state index contributed by atoms with van der Waals surface area (Å²) in [5.41, 5.74) is 2.07. The summed E-state index contributed by atoms with van der Waals surface area (Å²) in [5, 5.41) is 10.3. The van der Waals surface area contributed by atoms with Crippen LogP contribution in [0.4, 0.5) is 16.2 Å². The molecule has 24 heavy (non-hydrogen) atoms. The van der Waals surface area contributed by atoms with E-state index in [2.05, 4.69) is 0 Å². The van der Waals surface area contributed by atoms with Crippen LogP contribution in [-0.4, -0.2) is 16.1 Å². The Bertz CT molecular complexity index is 874. The fourth-order valence-corrected chi connectivity index (χ4v) is 3.14. The lowest BCUT2D eigenvalue weighted by molar-refractivity contribution is -0.384. The molecule has 0 bridgehead atoms. The summed E-state index contributed by atoms with van der Waals surface area (Å²) in [6.07, 6.45) is 1.56. The fourth-order valence-electron chi connectivity index (χ4n) is 2.30. The van der Waals surface area contributed by atoms with E-state index < -0.39 is 10.8 Å². The van der Waals surface area contributed by atoms with Crippen molar-refractivity contribution in [3.63, 3.8) is 0 Å². The van der Waals surface area contributed by atoms with Gasteiger partial charge in [0.05, 0.1) is 15.5 Å². The monoisotopic (exact) mass is 340 g/mol. The third kappa shape index (κ3) is 3.07. The number of rotatable bonds is 3. The average molecular weight is 340 g/mol. The minimum atomic E-state index is -0.491. The summed E-state index contributed by atoms with van der Waals surface area (Å²) in [4.78, 5) is 36.3. The molecule has 0 saturated carbocycles. The van der Waals surface area contributed by atoms with Crippen molar-refractivity contribution in [3.05, 3.63) is 74.7 Å². The third-order valence-corrected chi connectivity index (χ3v) is 4.32. The molecule has 1 aliphatic heterocycles. The number of hydrogen-bond donors (Lipinski definition) is 0. The Labute approximate surface area is 141 Å². The van der Waals surface area contributed by atoms with Gasteiger partial charge in [0.2, 0.25) is 0 Å². The highest BCUT2D eigenvalue weighted by Crippen LogP contribution is 2.36. The van der Waals surface area contributed by atoms with Crippen LogP contribution in [0.5, 0.6) is 0 Å². The van der Waals surface area contributed by atoms with Gasteiger partial charge in [-0.15, -0.1) is 0 Å². The van der Waals surface area contributed by atoms with Crippen molar-refractivity contribution in [2.45, 2.75) is 6.92 Å². The van der Waals surface area contributed by atoms with Gasteiger partial charge in [-0.2, -0.15) is 0 Å². The molecule has 2 aromatic rings. The molecule has 1 aliphatic rings. The Hall–Kier alpha value is -2.93. The number of non-ortho nitro benzene ring substituents is 1. The lowest BCUT2D eigenvalue weighted by atomic mass is 10.2. The van der Waals surface area contributed by atoms with E-state index in [1.54, 1.807) is 36.4 Å². The van der Waals surface area contributed by atoms with E-state index in [0.29, 0.717) is 11.3 Å². The van der Waals surface area contributed by atoms with Gasteiger partial charge in [-0.1, -0.05) is 12.1 Å². The van der Waals surface area contributed by atoms with Crippen LogP contribution in [0.2, 0.25) is 0 Å². The highest BCUT2D eigenvalue weighted by Gasteiger charge is 2.36. The van der Waals surface area contributed by atoms with Gasteiger partial charge in [-0.25, -0.2) is 4.90 Å². The van der Waals surface area contributed by atoms with Crippen LogP contribution in [0.1, 0.15) is 11.1 Å². The molecule has 0 spiro atoms. The van der Waals surface area contributed by atoms with Gasteiger partial charge in [-0.3, -0.25) is 19.7 Å². The maximum atomic E-state index is 12.5. The maximum absolute atomic E-state index is 12.5. The molecular weight excluding hydrogens is 328 g/mol. The zero-order valence-electron chi connectivity index (χ0n) is 12.6. The summed E-state index contributed by atoms with van der Waals surface area (Å²) in [7, 11) is 0. The molecule has 120 valence electrons. The smallest absolute Gasteiger partial charge is 0.268 e. The molecule has 0 N–H and O–H groups in total. The van der Waals surface area contributed by atoms with Crippen LogP contribution in [0, 0.1) is 17.0 Å². The average Bonchev–Trinajstić information content (AvgIpc) is 2.82. The molecule has 0 unspecified atom stereocenters. The van der Waals surface area contributed by atoms with Crippen molar-refractivity contribution >= 4 is 40.4 Å². The first kappa shape index (κ1) is 15.9. The predicted octanol–water partition coefficient (Wildman–Crippen LogP) is 4.14. The van der Waals surface area contributed by atoms with Crippen LogP contribution in [0.25, 0.3) is 6.08 Å². The number of aryl methyl sites for hydroxylation is 1. The molecule has 0 aromatic heterocycles. The fraction of sp³-hybridized carbons (Fsp3) is 0.0588. The quantitative estimate of drug-likeness (QED) is 0.476. The minimum absolute atomic E-state index is 0.0278. The minimum Gasteiger partial charge on any atom is -0.268 e. The first-order valence-electron chi connectivity index (χ1n) is 7.05. The largest absolute Gasteiger partial charge is 0.298 e. The van der Waals surface area contributed by atoms with Crippen molar-refractivity contribution < 1.29 is 14.5 Å². The summed E-state index contributed by atoms with van der Waals surface area (Å²) in [5.74, 6) is -0.394. The lowest BCUT2D eigenvalue weighted by Crippen LogP contribution is -2.27. The van der Waals surface area contributed by atoms with Gasteiger partial charge in [-0.05, 0) is 60.2 Å². The standard InChI is InChI=1S/C17H12N2O4S/c1-11-3-2-4-14(9-11)18-16(20)15(24-17(18)21)10-12-5-7-13(8-6-12)19(22)23/h2-10H,1H3/b15-10-. The number of thioether (sulfide) groups is 1. The number of nitro groups is 1. The molecule has 6 nitrogen and oxygen atoms in total. The molecular formula is C17H12N2O4S. The van der Waals surface area contributed by atoms with E-state index >= 15 is 0 Å². The number of carbonyl (C=O) groups excluding carboxylic acids is 2. The Morgan fingerprint density at radius 1 is 1.12 bits per heavy atom. The summed E-state index contributed by atoms with van der Waals surface area (Å²) in [6.45, 7) is 1.88. The molecule has 0 aliphatic carbocycles. The first-order chi connectivity index (χ1) is 11.5. The van der Waals surface area contributed by atoms with Gasteiger partial charge in [0.1, 0.15) is 0 Å². The van der Waals surface area contributed by atoms with Crippen LogP contribution in [0.15, 0.2) is 53.4 Å². The van der Waals surface area contributed by atoms with Crippen molar-refractivity contribution in [3.8, 4) is 0 Å². The number of amides is 2. The number of nitro benzene ring substituents is 1. The van der Waals surface area contributed by atoms with Gasteiger partial charge in [0.15, 0.2) is 0 Å².